The van der Waals surface area contributed by atoms with Gasteiger partial charge in [0, 0.05) is 17.7 Å². The summed E-state index contributed by atoms with van der Waals surface area (Å²) in [5, 5.41) is 2.54. The third-order valence-corrected chi connectivity index (χ3v) is 4.01. The SMILES string of the molecule is c1cc[n+](Cc2ccc3ccccc3c2)c(C2OCCO2)c1. The molecule has 3 nitrogen and oxygen atoms in total. The minimum Gasteiger partial charge on any atom is -0.341 e. The van der Waals surface area contributed by atoms with E-state index in [0.29, 0.717) is 13.2 Å². The second-order valence-corrected chi connectivity index (χ2v) is 5.51. The monoisotopic (exact) mass is 292 g/mol. The number of hydrogen-bond donors (Lipinski definition) is 0. The van der Waals surface area contributed by atoms with Gasteiger partial charge in [0.1, 0.15) is 0 Å². The lowest BCUT2D eigenvalue weighted by atomic mass is 10.1. The summed E-state index contributed by atoms with van der Waals surface area (Å²) in [5.74, 6) is 0. The van der Waals surface area contributed by atoms with Crippen molar-refractivity contribution in [2.24, 2.45) is 0 Å². The first-order valence-corrected chi connectivity index (χ1v) is 7.59. The summed E-state index contributed by atoms with van der Waals surface area (Å²) in [6, 6.07) is 21.2. The summed E-state index contributed by atoms with van der Waals surface area (Å²) < 4.78 is 13.5. The van der Waals surface area contributed by atoms with E-state index in [1.165, 1.54) is 16.3 Å². The van der Waals surface area contributed by atoms with Crippen molar-refractivity contribution in [2.75, 3.05) is 13.2 Å². The molecule has 0 N–H and O–H groups in total. The Morgan fingerprint density at radius 1 is 0.864 bits per heavy atom. The first-order chi connectivity index (χ1) is 10.9. The summed E-state index contributed by atoms with van der Waals surface area (Å²) >= 11 is 0. The zero-order valence-electron chi connectivity index (χ0n) is 12.3. The maximum atomic E-state index is 5.64. The molecule has 0 unspecified atom stereocenters. The predicted octanol–water partition coefficient (Wildman–Crippen LogP) is 3.22. The highest BCUT2D eigenvalue weighted by molar-refractivity contribution is 5.82. The van der Waals surface area contributed by atoms with Crippen LogP contribution in [0.3, 0.4) is 0 Å². The number of fused-ring (bicyclic) bond motifs is 1. The molecule has 1 aromatic heterocycles. The number of aromatic nitrogens is 1. The molecule has 1 aliphatic rings. The van der Waals surface area contributed by atoms with E-state index in [1.54, 1.807) is 0 Å². The molecule has 22 heavy (non-hydrogen) atoms. The molecule has 0 saturated carbocycles. The van der Waals surface area contributed by atoms with Crippen LogP contribution in [-0.4, -0.2) is 13.2 Å². The van der Waals surface area contributed by atoms with E-state index in [0.717, 1.165) is 12.2 Å². The Balaban J connectivity index is 1.67. The van der Waals surface area contributed by atoms with Crippen LogP contribution in [0.15, 0.2) is 66.9 Å². The van der Waals surface area contributed by atoms with Crippen LogP contribution in [0.2, 0.25) is 0 Å². The van der Waals surface area contributed by atoms with Crippen LogP contribution < -0.4 is 4.57 Å². The molecular weight excluding hydrogens is 274 g/mol. The molecule has 0 amide bonds. The fourth-order valence-corrected chi connectivity index (χ4v) is 2.91. The van der Waals surface area contributed by atoms with Gasteiger partial charge in [0.25, 0.3) is 0 Å². The lowest BCUT2D eigenvalue weighted by Gasteiger charge is -2.09. The highest BCUT2D eigenvalue weighted by Crippen LogP contribution is 2.21. The van der Waals surface area contributed by atoms with Crippen molar-refractivity contribution >= 4 is 10.8 Å². The van der Waals surface area contributed by atoms with Crippen molar-refractivity contribution in [1.29, 1.82) is 0 Å². The second-order valence-electron chi connectivity index (χ2n) is 5.51. The van der Waals surface area contributed by atoms with E-state index in [2.05, 4.69) is 59.3 Å². The van der Waals surface area contributed by atoms with E-state index in [1.807, 2.05) is 12.1 Å². The van der Waals surface area contributed by atoms with E-state index >= 15 is 0 Å². The lowest BCUT2D eigenvalue weighted by Crippen LogP contribution is -2.40. The quantitative estimate of drug-likeness (QED) is 0.692. The topological polar surface area (TPSA) is 22.3 Å². The Hall–Kier alpha value is -2.23. The molecule has 1 aliphatic heterocycles. The van der Waals surface area contributed by atoms with Gasteiger partial charge in [-0.05, 0) is 22.9 Å². The van der Waals surface area contributed by atoms with Gasteiger partial charge in [-0.25, -0.2) is 0 Å². The van der Waals surface area contributed by atoms with Crippen LogP contribution in [0, 0.1) is 0 Å². The van der Waals surface area contributed by atoms with Crippen LogP contribution in [0.5, 0.6) is 0 Å². The van der Waals surface area contributed by atoms with Crippen molar-refractivity contribution in [3.8, 4) is 0 Å². The fourth-order valence-electron chi connectivity index (χ4n) is 2.91. The smallest absolute Gasteiger partial charge is 0.245 e. The molecule has 110 valence electrons. The van der Waals surface area contributed by atoms with Gasteiger partial charge in [0.2, 0.25) is 12.0 Å². The highest BCUT2D eigenvalue weighted by atomic mass is 16.7. The van der Waals surface area contributed by atoms with Crippen molar-refractivity contribution in [2.45, 2.75) is 12.8 Å². The number of ether oxygens (including phenoxy) is 2. The van der Waals surface area contributed by atoms with E-state index in [-0.39, 0.29) is 6.29 Å². The van der Waals surface area contributed by atoms with Gasteiger partial charge in [-0.15, -0.1) is 0 Å². The molecule has 3 aromatic rings. The zero-order chi connectivity index (χ0) is 14.8. The van der Waals surface area contributed by atoms with Gasteiger partial charge in [-0.1, -0.05) is 36.4 Å². The van der Waals surface area contributed by atoms with Crippen LogP contribution in [0.25, 0.3) is 10.8 Å². The summed E-state index contributed by atoms with van der Waals surface area (Å²) in [6.07, 6.45) is 1.83. The molecule has 0 spiro atoms. The Kier molecular flexibility index (Phi) is 3.59. The van der Waals surface area contributed by atoms with Crippen LogP contribution in [0.1, 0.15) is 17.5 Å². The van der Waals surface area contributed by atoms with Crippen molar-refractivity contribution in [3.63, 3.8) is 0 Å². The Morgan fingerprint density at radius 2 is 1.64 bits per heavy atom. The maximum Gasteiger partial charge on any atom is 0.245 e. The molecule has 1 saturated heterocycles. The normalized spacial score (nSPS) is 15.5. The van der Waals surface area contributed by atoms with E-state index in [9.17, 15) is 0 Å². The van der Waals surface area contributed by atoms with Gasteiger partial charge < -0.3 is 9.47 Å². The molecule has 0 bridgehead atoms. The van der Waals surface area contributed by atoms with Crippen molar-refractivity contribution in [1.82, 2.24) is 0 Å². The third kappa shape index (κ3) is 2.61. The average molecular weight is 292 g/mol. The standard InChI is InChI=1S/C19H18NO2/c1-2-6-17-13-15(8-9-16(17)5-1)14-20-10-4-3-7-18(20)19-21-11-12-22-19/h1-10,13,19H,11-12,14H2/q+1. The number of hydrogen-bond acceptors (Lipinski definition) is 2. The molecule has 0 atom stereocenters. The first-order valence-electron chi connectivity index (χ1n) is 7.59. The molecule has 0 aliphatic carbocycles. The number of rotatable bonds is 3. The number of benzene rings is 2. The molecule has 4 rings (SSSR count). The molecule has 1 fully saturated rings. The summed E-state index contributed by atoms with van der Waals surface area (Å²) in [5.41, 5.74) is 2.34. The minimum atomic E-state index is -0.248. The minimum absolute atomic E-state index is 0.248. The van der Waals surface area contributed by atoms with Gasteiger partial charge in [0.15, 0.2) is 12.7 Å². The van der Waals surface area contributed by atoms with Crippen LogP contribution >= 0.6 is 0 Å². The van der Waals surface area contributed by atoms with Gasteiger partial charge in [-0.3, -0.25) is 0 Å². The summed E-state index contributed by atoms with van der Waals surface area (Å²) in [6.45, 7) is 2.13. The summed E-state index contributed by atoms with van der Waals surface area (Å²) in [4.78, 5) is 0. The largest absolute Gasteiger partial charge is 0.341 e. The lowest BCUT2D eigenvalue weighted by molar-refractivity contribution is -0.701. The van der Waals surface area contributed by atoms with Crippen molar-refractivity contribution in [3.05, 3.63) is 78.1 Å². The van der Waals surface area contributed by atoms with Crippen LogP contribution in [-0.2, 0) is 16.0 Å². The van der Waals surface area contributed by atoms with E-state index in [4.69, 9.17) is 9.47 Å². The summed E-state index contributed by atoms with van der Waals surface area (Å²) in [7, 11) is 0. The zero-order valence-corrected chi connectivity index (χ0v) is 12.3. The molecule has 0 radical (unpaired) electrons. The fraction of sp³-hybridized carbons (Fsp3) is 0.211. The highest BCUT2D eigenvalue weighted by Gasteiger charge is 2.27. The maximum absolute atomic E-state index is 5.64. The van der Waals surface area contributed by atoms with Crippen molar-refractivity contribution < 1.29 is 14.0 Å². The molecule has 2 aromatic carbocycles. The van der Waals surface area contributed by atoms with E-state index < -0.39 is 0 Å². The second kappa shape index (κ2) is 5.87. The Morgan fingerprint density at radius 3 is 2.50 bits per heavy atom. The van der Waals surface area contributed by atoms with Gasteiger partial charge >= 0.3 is 0 Å². The molecular formula is C19H18NO2+. The Bertz CT molecular complexity index is 794. The van der Waals surface area contributed by atoms with Crippen LogP contribution in [0.4, 0.5) is 0 Å². The molecule has 2 heterocycles. The predicted molar refractivity (Wildman–Crippen MR) is 84.3 cm³/mol. The van der Waals surface area contributed by atoms with Gasteiger partial charge in [-0.2, -0.15) is 4.57 Å². The number of pyridine rings is 1. The molecule has 3 heteroatoms. The Labute approximate surface area is 129 Å². The third-order valence-electron chi connectivity index (χ3n) is 4.01. The van der Waals surface area contributed by atoms with Gasteiger partial charge in [0.05, 0.1) is 13.2 Å². The number of nitrogens with zero attached hydrogens (tertiary/aromatic N) is 1. The average Bonchev–Trinajstić information content (AvgIpc) is 3.10. The first kappa shape index (κ1) is 13.4.